The molecule has 1 aliphatic carbocycles. The van der Waals surface area contributed by atoms with Gasteiger partial charge < -0.3 is 14.7 Å². The summed E-state index contributed by atoms with van der Waals surface area (Å²) in [6.07, 6.45) is 4.92. The Kier molecular flexibility index (Phi) is 8.47. The van der Waals surface area contributed by atoms with Gasteiger partial charge in [-0.15, -0.1) is 11.3 Å². The van der Waals surface area contributed by atoms with E-state index in [0.717, 1.165) is 0 Å². The number of rotatable bonds is 3. The van der Waals surface area contributed by atoms with Crippen LogP contribution in [0.25, 0.3) is 20.2 Å². The molecule has 1 fully saturated rings. The molecular weight excluding hydrogens is 794 g/mol. The topological polar surface area (TPSA) is 9.72 Å². The van der Waals surface area contributed by atoms with Gasteiger partial charge in [-0.1, -0.05) is 128 Å². The predicted molar refractivity (Wildman–Crippen MR) is 278 cm³/mol. The molecule has 1 aromatic heterocycles. The average Bonchev–Trinajstić information content (AvgIpc) is 3.74. The molecule has 3 aliphatic heterocycles. The highest BCUT2D eigenvalue weighted by Crippen LogP contribution is 2.61. The van der Waals surface area contributed by atoms with E-state index in [1.54, 1.807) is 0 Å². The monoisotopic (exact) mass is 851 g/mol. The Morgan fingerprint density at radius 3 is 1.91 bits per heavy atom. The van der Waals surface area contributed by atoms with Crippen molar-refractivity contribution in [2.45, 2.75) is 110 Å². The van der Waals surface area contributed by atoms with E-state index in [1.165, 1.54) is 130 Å². The number of thiophene rings is 1. The summed E-state index contributed by atoms with van der Waals surface area (Å²) in [7, 11) is 0. The van der Waals surface area contributed by atoms with E-state index < -0.39 is 0 Å². The van der Waals surface area contributed by atoms with Crippen LogP contribution in [0.1, 0.15) is 103 Å². The van der Waals surface area contributed by atoms with Crippen molar-refractivity contribution in [3.8, 4) is 0 Å². The van der Waals surface area contributed by atoms with Crippen molar-refractivity contribution in [3.63, 3.8) is 0 Å². The minimum atomic E-state index is -0.0351. The maximum absolute atomic E-state index is 2.75. The van der Waals surface area contributed by atoms with E-state index >= 15 is 0 Å². The Morgan fingerprint density at radius 1 is 0.516 bits per heavy atom. The first-order valence-electron chi connectivity index (χ1n) is 23.6. The molecule has 3 nitrogen and oxygen atoms in total. The number of aryl methyl sites for hydroxylation is 1. The second kappa shape index (κ2) is 13.6. The molecule has 4 heterocycles. The van der Waals surface area contributed by atoms with Crippen LogP contribution in [-0.2, 0) is 16.2 Å². The number of para-hydroxylation sites is 1. The molecule has 2 atom stereocenters. The van der Waals surface area contributed by atoms with Crippen LogP contribution < -0.4 is 31.1 Å². The lowest BCUT2D eigenvalue weighted by molar-refractivity contribution is 0.195. The van der Waals surface area contributed by atoms with Crippen LogP contribution in [0.15, 0.2) is 140 Å². The first kappa shape index (κ1) is 39.8. The van der Waals surface area contributed by atoms with Gasteiger partial charge in [-0.2, -0.15) is 0 Å². The summed E-state index contributed by atoms with van der Waals surface area (Å²) < 4.78 is 2.66. The summed E-state index contributed by atoms with van der Waals surface area (Å²) in [5.74, 6) is 0. The molecule has 0 N–H and O–H groups in total. The molecule has 2 unspecified atom stereocenters. The molecule has 64 heavy (non-hydrogen) atoms. The lowest BCUT2D eigenvalue weighted by Crippen LogP contribution is -2.61. The van der Waals surface area contributed by atoms with E-state index in [-0.39, 0.29) is 28.5 Å². The first-order valence-corrected chi connectivity index (χ1v) is 24.4. The largest absolute Gasteiger partial charge is 0.334 e. The zero-order valence-corrected chi connectivity index (χ0v) is 39.8. The summed E-state index contributed by atoms with van der Waals surface area (Å²) in [4.78, 5) is 7.98. The zero-order chi connectivity index (χ0) is 44.1. The van der Waals surface area contributed by atoms with Gasteiger partial charge in [-0.25, -0.2) is 0 Å². The average molecular weight is 852 g/mol. The van der Waals surface area contributed by atoms with Gasteiger partial charge in [0.15, 0.2) is 0 Å². The third-order valence-corrected chi connectivity index (χ3v) is 17.1. The second-order valence-corrected chi connectivity index (χ2v) is 22.9. The molecule has 0 saturated heterocycles. The molecule has 8 aromatic rings. The van der Waals surface area contributed by atoms with Crippen LogP contribution in [0.5, 0.6) is 0 Å². The van der Waals surface area contributed by atoms with E-state index in [4.69, 9.17) is 0 Å². The highest BCUT2D eigenvalue weighted by Gasteiger charge is 2.57. The molecule has 0 radical (unpaired) electrons. The SMILES string of the molecule is Cc1cc2c3c(c1)N(c1ccc4sc5ccccc5c4c1)c1cc(C(C)(C)C)ccc1B3c1ccc(N3c4ccccc4C4(C)CCCCC34C)cc1N2c1cccc(C(C)(C)C)c1. The highest BCUT2D eigenvalue weighted by molar-refractivity contribution is 7.25. The van der Waals surface area contributed by atoms with Gasteiger partial charge in [0.05, 0.1) is 5.54 Å². The maximum Gasteiger partial charge on any atom is 0.252 e. The fourth-order valence-corrected chi connectivity index (χ4v) is 13.4. The fraction of sp³-hybridized carbons (Fsp3) is 0.288. The maximum atomic E-state index is 2.75. The number of nitrogens with zero attached hydrogens (tertiary/aromatic N) is 3. The summed E-state index contributed by atoms with van der Waals surface area (Å²) in [5.41, 5.74) is 19.7. The van der Waals surface area contributed by atoms with Gasteiger partial charge in [0, 0.05) is 71.1 Å². The van der Waals surface area contributed by atoms with Crippen molar-refractivity contribution >= 4 is 100 Å². The summed E-state index contributed by atoms with van der Waals surface area (Å²) in [5, 5.41) is 2.65. The summed E-state index contributed by atoms with van der Waals surface area (Å²) in [6, 6.07) is 54.6. The van der Waals surface area contributed by atoms with Gasteiger partial charge in [0.2, 0.25) is 0 Å². The number of hydrogen-bond acceptors (Lipinski definition) is 4. The third-order valence-electron chi connectivity index (χ3n) is 15.9. The van der Waals surface area contributed by atoms with Gasteiger partial charge in [0.1, 0.15) is 0 Å². The predicted octanol–water partition coefficient (Wildman–Crippen LogP) is 14.8. The van der Waals surface area contributed by atoms with Crippen molar-refractivity contribution in [2.24, 2.45) is 0 Å². The van der Waals surface area contributed by atoms with Gasteiger partial charge >= 0.3 is 0 Å². The molecule has 12 rings (SSSR count). The number of hydrogen-bond donors (Lipinski definition) is 0. The molecule has 4 aliphatic rings. The van der Waals surface area contributed by atoms with Crippen molar-refractivity contribution in [1.82, 2.24) is 0 Å². The molecule has 5 heteroatoms. The van der Waals surface area contributed by atoms with Crippen molar-refractivity contribution in [2.75, 3.05) is 14.7 Å². The Hall–Kier alpha value is -5.78. The number of benzene rings is 7. The molecule has 0 spiro atoms. The third kappa shape index (κ3) is 5.58. The molecule has 7 aromatic carbocycles. The van der Waals surface area contributed by atoms with Crippen molar-refractivity contribution < 1.29 is 0 Å². The van der Waals surface area contributed by atoms with Gasteiger partial charge in [0.25, 0.3) is 6.71 Å². The minimum Gasteiger partial charge on any atom is -0.334 e. The Bertz CT molecular complexity index is 3240. The van der Waals surface area contributed by atoms with Gasteiger partial charge in [-0.3, -0.25) is 0 Å². The van der Waals surface area contributed by atoms with Crippen LogP contribution in [0.2, 0.25) is 0 Å². The molecular formula is C59H58BN3S. The molecule has 0 bridgehead atoms. The Labute approximate surface area is 384 Å². The standard InChI is InChI=1S/C59H58BN3S/c1-37-31-51-55-52(32-37)62(41-25-28-54-44(35-41)43-19-10-13-22-53(43)64-54)49-34-39(57(5,6)7)23-26-46(49)60(55)47-27-24-42(36-50(47)61(51)40-18-16-17-38(33-40)56(2,3)4)63-48-21-12-11-20-45(48)58(8)29-14-15-30-59(58,63)9/h10-13,16-28,31-36H,14-15,29-30H2,1-9H3. The van der Waals surface area contributed by atoms with Crippen LogP contribution in [0.3, 0.4) is 0 Å². The van der Waals surface area contributed by atoms with Crippen LogP contribution in [-0.4, -0.2) is 12.3 Å². The first-order chi connectivity index (χ1) is 30.6. The molecule has 318 valence electrons. The van der Waals surface area contributed by atoms with Crippen molar-refractivity contribution in [3.05, 3.63) is 162 Å². The van der Waals surface area contributed by atoms with Crippen LogP contribution >= 0.6 is 11.3 Å². The fourth-order valence-electron chi connectivity index (χ4n) is 12.3. The smallest absolute Gasteiger partial charge is 0.252 e. The summed E-state index contributed by atoms with van der Waals surface area (Å²) >= 11 is 1.89. The van der Waals surface area contributed by atoms with Gasteiger partial charge in [-0.05, 0) is 149 Å². The Morgan fingerprint density at radius 2 is 1.14 bits per heavy atom. The lowest BCUT2D eigenvalue weighted by atomic mass is 9.33. The number of fused-ring (bicyclic) bond motifs is 10. The van der Waals surface area contributed by atoms with E-state index in [9.17, 15) is 0 Å². The number of anilines is 8. The van der Waals surface area contributed by atoms with Crippen LogP contribution in [0.4, 0.5) is 45.5 Å². The zero-order valence-electron chi connectivity index (χ0n) is 38.9. The minimum absolute atomic E-state index is 0.00465. The Balaban J connectivity index is 1.14. The van der Waals surface area contributed by atoms with E-state index in [0.29, 0.717) is 0 Å². The second-order valence-electron chi connectivity index (χ2n) is 21.8. The lowest BCUT2D eigenvalue weighted by Gasteiger charge is -2.50. The molecule has 0 amide bonds. The summed E-state index contributed by atoms with van der Waals surface area (Å²) in [6.45, 7) is 21.5. The van der Waals surface area contributed by atoms with E-state index in [2.05, 4.69) is 217 Å². The van der Waals surface area contributed by atoms with Crippen molar-refractivity contribution in [1.29, 1.82) is 0 Å². The highest BCUT2D eigenvalue weighted by atomic mass is 32.1. The quantitative estimate of drug-likeness (QED) is 0.164. The normalized spacial score (nSPS) is 20.0. The molecule has 1 saturated carbocycles. The van der Waals surface area contributed by atoms with E-state index in [1.807, 2.05) is 11.3 Å². The van der Waals surface area contributed by atoms with Crippen LogP contribution in [0, 0.1) is 6.92 Å².